The van der Waals surface area contributed by atoms with Gasteiger partial charge in [-0.3, -0.25) is 4.79 Å². The molecule has 0 amide bonds. The lowest BCUT2D eigenvalue weighted by atomic mass is 9.82. The minimum atomic E-state index is -1.40. The maximum atomic E-state index is 13.8. The third-order valence-corrected chi connectivity index (χ3v) is 8.62. The van der Waals surface area contributed by atoms with Gasteiger partial charge in [-0.1, -0.05) is 6.92 Å². The molecule has 2 aliphatic carbocycles. The van der Waals surface area contributed by atoms with Crippen LogP contribution in [0.15, 0.2) is 48.5 Å². The molecule has 0 spiro atoms. The molecule has 3 aromatic rings. The molecular weight excluding hydrogens is 535 g/mol. The van der Waals surface area contributed by atoms with Crippen molar-refractivity contribution in [1.82, 2.24) is 10.3 Å². The van der Waals surface area contributed by atoms with E-state index in [1.54, 1.807) is 44.4 Å². The average Bonchev–Trinajstić information content (AvgIpc) is 3.92. The van der Waals surface area contributed by atoms with E-state index >= 15 is 0 Å². The summed E-state index contributed by atoms with van der Waals surface area (Å²) in [6.45, 7) is 6.02. The first kappa shape index (κ1) is 28.6. The fraction of sp³-hybridized carbons (Fsp3) is 0.471. The summed E-state index contributed by atoms with van der Waals surface area (Å²) in [6, 6.07) is 13.3. The van der Waals surface area contributed by atoms with Gasteiger partial charge in [0.15, 0.2) is 17.3 Å². The number of nitrogens with zero attached hydrogens (tertiary/aromatic N) is 1. The third kappa shape index (κ3) is 6.15. The smallest absolute Gasteiger partial charge is 0.163 e. The number of ether oxygens (including phenoxy) is 3. The maximum Gasteiger partial charge on any atom is 0.163 e. The second-order valence-corrected chi connectivity index (χ2v) is 12.5. The molecule has 42 heavy (non-hydrogen) atoms. The number of aromatic nitrogens is 1. The highest BCUT2D eigenvalue weighted by atomic mass is 19.1. The van der Waals surface area contributed by atoms with Gasteiger partial charge >= 0.3 is 0 Å². The summed E-state index contributed by atoms with van der Waals surface area (Å²) < 4.78 is 31.4. The van der Waals surface area contributed by atoms with Crippen LogP contribution in [-0.4, -0.2) is 48.8 Å². The van der Waals surface area contributed by atoms with E-state index in [1.165, 1.54) is 25.0 Å². The number of Topliss-reactive ketones (excluding diaryl/α,β-unsaturated/α-hetero) is 1. The van der Waals surface area contributed by atoms with E-state index in [-0.39, 0.29) is 36.0 Å². The molecule has 2 heterocycles. The van der Waals surface area contributed by atoms with Crippen molar-refractivity contribution in [3.63, 3.8) is 0 Å². The summed E-state index contributed by atoms with van der Waals surface area (Å²) in [5.74, 6) is 2.13. The Hall–Kier alpha value is -3.49. The Morgan fingerprint density at radius 1 is 1.14 bits per heavy atom. The van der Waals surface area contributed by atoms with Gasteiger partial charge in [0.25, 0.3) is 0 Å². The van der Waals surface area contributed by atoms with Crippen LogP contribution in [0.2, 0.25) is 0 Å². The van der Waals surface area contributed by atoms with Crippen molar-refractivity contribution in [2.24, 2.45) is 5.92 Å². The Labute approximate surface area is 246 Å². The molecule has 7 nitrogen and oxygen atoms in total. The number of nitrogens with one attached hydrogen (secondary N) is 1. The monoisotopic (exact) mass is 574 g/mol. The average molecular weight is 575 g/mol. The number of carbonyl (C=O) groups is 1. The minimum absolute atomic E-state index is 0.107. The van der Waals surface area contributed by atoms with Crippen molar-refractivity contribution in [3.8, 4) is 28.5 Å². The number of fused-ring (bicyclic) bond motifs is 1. The second kappa shape index (κ2) is 11.3. The number of benzene rings is 2. The molecule has 0 saturated heterocycles. The lowest BCUT2D eigenvalue weighted by Crippen LogP contribution is -2.38. The number of rotatable bonds is 13. The molecule has 0 bridgehead atoms. The largest absolute Gasteiger partial charge is 0.493 e. The van der Waals surface area contributed by atoms with Crippen molar-refractivity contribution in [1.29, 1.82) is 0 Å². The lowest BCUT2D eigenvalue weighted by molar-refractivity contribution is 0.0396. The number of pyridine rings is 1. The van der Waals surface area contributed by atoms with Crippen LogP contribution in [-0.2, 0) is 11.0 Å². The van der Waals surface area contributed by atoms with Crippen LogP contribution in [0, 0.1) is 11.7 Å². The van der Waals surface area contributed by atoms with E-state index in [0.717, 1.165) is 37.4 Å². The lowest BCUT2D eigenvalue weighted by Gasteiger charge is -2.27. The number of aliphatic hydroxyl groups is 1. The van der Waals surface area contributed by atoms with Gasteiger partial charge in [0.1, 0.15) is 22.9 Å². The molecule has 2 atom stereocenters. The Bertz CT molecular complexity index is 1470. The first-order valence-corrected chi connectivity index (χ1v) is 14.9. The summed E-state index contributed by atoms with van der Waals surface area (Å²) in [5, 5.41) is 15.3. The fourth-order valence-electron chi connectivity index (χ4n) is 5.47. The summed E-state index contributed by atoms with van der Waals surface area (Å²) in [7, 11) is 1.56. The Balaban J connectivity index is 1.25. The van der Waals surface area contributed by atoms with Crippen LogP contribution in [0.3, 0.4) is 0 Å². The van der Waals surface area contributed by atoms with Crippen molar-refractivity contribution in [2.45, 2.75) is 69.5 Å². The van der Waals surface area contributed by atoms with Crippen LogP contribution < -0.4 is 19.5 Å². The van der Waals surface area contributed by atoms with Gasteiger partial charge in [0.2, 0.25) is 0 Å². The number of methoxy groups -OCH3 is 1. The number of ketones is 1. The van der Waals surface area contributed by atoms with Crippen LogP contribution in [0.4, 0.5) is 4.39 Å². The molecule has 6 rings (SSSR count). The predicted molar refractivity (Wildman–Crippen MR) is 158 cm³/mol. The van der Waals surface area contributed by atoms with Gasteiger partial charge in [-0.25, -0.2) is 9.37 Å². The van der Waals surface area contributed by atoms with Crippen LogP contribution in [0.25, 0.3) is 11.3 Å². The SMILES string of the molecule is COc1cc(C(=O)CC[C@](C)(O)c2cc3c(c(-c4ccc(F)cc4)n2)OC[C@]3(C)CNCC2CC2)ccc1OC1CC1. The van der Waals surface area contributed by atoms with Crippen molar-refractivity contribution in [3.05, 3.63) is 71.2 Å². The van der Waals surface area contributed by atoms with Crippen molar-refractivity contribution < 1.29 is 28.5 Å². The minimum Gasteiger partial charge on any atom is -0.493 e. The highest BCUT2D eigenvalue weighted by molar-refractivity contribution is 5.96. The molecule has 1 aliphatic heterocycles. The van der Waals surface area contributed by atoms with Gasteiger partial charge in [-0.15, -0.1) is 0 Å². The van der Waals surface area contributed by atoms with Crippen molar-refractivity contribution >= 4 is 5.78 Å². The third-order valence-electron chi connectivity index (χ3n) is 8.62. The van der Waals surface area contributed by atoms with Gasteiger partial charge in [0, 0.05) is 35.1 Å². The highest BCUT2D eigenvalue weighted by Gasteiger charge is 2.41. The number of hydrogen-bond donors (Lipinski definition) is 2. The summed E-state index contributed by atoms with van der Waals surface area (Å²) in [6.07, 6.45) is 5.10. The standard InChI is InChI=1S/C34H39FN2O5/c1-33(19-36-18-21-4-5-21)20-41-32-26(33)17-30(37-31(32)22-6-9-24(35)10-7-22)34(2,39)15-14-27(38)23-8-13-28(29(16-23)40-3)42-25-11-12-25/h6-10,13,16-17,21,25,36,39H,4-5,11-12,14-15,18-20H2,1-3H3/t33-,34-/m0/s1. The van der Waals surface area contributed by atoms with Gasteiger partial charge in [0.05, 0.1) is 25.5 Å². The van der Waals surface area contributed by atoms with E-state index in [2.05, 4.69) is 12.2 Å². The summed E-state index contributed by atoms with van der Waals surface area (Å²) in [5.41, 5.74) is 1.46. The van der Waals surface area contributed by atoms with Crippen LogP contribution in [0.5, 0.6) is 17.2 Å². The second-order valence-electron chi connectivity index (χ2n) is 12.5. The van der Waals surface area contributed by atoms with Gasteiger partial charge in [-0.05, 0) is 100 Å². The highest BCUT2D eigenvalue weighted by Crippen LogP contribution is 2.46. The zero-order valence-corrected chi connectivity index (χ0v) is 24.5. The fourth-order valence-corrected chi connectivity index (χ4v) is 5.47. The Morgan fingerprint density at radius 3 is 2.60 bits per heavy atom. The van der Waals surface area contributed by atoms with E-state index < -0.39 is 5.60 Å². The number of hydrogen-bond acceptors (Lipinski definition) is 7. The van der Waals surface area contributed by atoms with E-state index in [1.807, 2.05) is 6.07 Å². The molecule has 8 heteroatoms. The summed E-state index contributed by atoms with van der Waals surface area (Å²) >= 11 is 0. The normalized spacial score (nSPS) is 20.9. The van der Waals surface area contributed by atoms with Crippen LogP contribution >= 0.6 is 0 Å². The molecule has 2 aromatic carbocycles. The summed E-state index contributed by atoms with van der Waals surface area (Å²) in [4.78, 5) is 18.1. The van der Waals surface area contributed by atoms with Crippen LogP contribution in [0.1, 0.15) is 74.0 Å². The molecule has 0 radical (unpaired) electrons. The van der Waals surface area contributed by atoms with E-state index in [9.17, 15) is 14.3 Å². The zero-order chi connectivity index (χ0) is 29.5. The van der Waals surface area contributed by atoms with E-state index in [0.29, 0.717) is 46.4 Å². The molecule has 2 N–H and O–H groups in total. The molecule has 1 aromatic heterocycles. The maximum absolute atomic E-state index is 13.8. The Kier molecular flexibility index (Phi) is 7.70. The van der Waals surface area contributed by atoms with Crippen molar-refractivity contribution in [2.75, 3.05) is 26.8 Å². The number of carbonyl (C=O) groups excluding carboxylic acids is 1. The first-order valence-electron chi connectivity index (χ1n) is 14.9. The zero-order valence-electron chi connectivity index (χ0n) is 24.5. The Morgan fingerprint density at radius 2 is 1.90 bits per heavy atom. The first-order chi connectivity index (χ1) is 20.1. The molecule has 222 valence electrons. The predicted octanol–water partition coefficient (Wildman–Crippen LogP) is 5.96. The number of halogens is 1. The molecular formula is C34H39FN2O5. The van der Waals surface area contributed by atoms with Gasteiger partial charge in [-0.2, -0.15) is 0 Å². The quantitative estimate of drug-likeness (QED) is 0.244. The van der Waals surface area contributed by atoms with Gasteiger partial charge < -0.3 is 24.6 Å². The van der Waals surface area contributed by atoms with E-state index in [4.69, 9.17) is 19.2 Å². The topological polar surface area (TPSA) is 89.9 Å². The molecule has 0 unspecified atom stereocenters. The molecule has 2 fully saturated rings. The molecule has 3 aliphatic rings. The molecule has 2 saturated carbocycles.